The Bertz CT molecular complexity index is 653. The van der Waals surface area contributed by atoms with Crippen LogP contribution in [0.5, 0.6) is 0 Å². The SMILES string of the molecule is CC(C)N1CCC(c2cn3cccc(C(N)=O)c3n2)CC1. The minimum atomic E-state index is -0.424. The Morgan fingerprint density at radius 2 is 2.10 bits per heavy atom. The van der Waals surface area contributed by atoms with Gasteiger partial charge in [0.1, 0.15) is 5.65 Å². The van der Waals surface area contributed by atoms with Crippen LogP contribution in [0.4, 0.5) is 0 Å². The highest BCUT2D eigenvalue weighted by molar-refractivity contribution is 5.98. The summed E-state index contributed by atoms with van der Waals surface area (Å²) in [6, 6.07) is 4.17. The van der Waals surface area contributed by atoms with E-state index in [1.165, 1.54) is 0 Å². The van der Waals surface area contributed by atoms with Crippen molar-refractivity contribution in [1.29, 1.82) is 0 Å². The summed E-state index contributed by atoms with van der Waals surface area (Å²) in [6.07, 6.45) is 6.20. The van der Waals surface area contributed by atoms with Crippen LogP contribution >= 0.6 is 0 Å². The van der Waals surface area contributed by atoms with E-state index in [9.17, 15) is 4.79 Å². The second kappa shape index (κ2) is 5.48. The number of likely N-dealkylation sites (tertiary alicyclic amines) is 1. The summed E-state index contributed by atoms with van der Waals surface area (Å²) in [5.41, 5.74) is 7.66. The number of carbonyl (C=O) groups excluding carboxylic acids is 1. The number of carbonyl (C=O) groups is 1. The molecule has 1 fully saturated rings. The van der Waals surface area contributed by atoms with Crippen molar-refractivity contribution in [2.75, 3.05) is 13.1 Å². The Morgan fingerprint density at radius 1 is 1.38 bits per heavy atom. The number of aromatic nitrogens is 2. The average Bonchev–Trinajstić information content (AvgIpc) is 2.90. The number of pyridine rings is 1. The maximum atomic E-state index is 11.5. The van der Waals surface area contributed by atoms with Crippen molar-refractivity contribution in [3.05, 3.63) is 35.8 Å². The smallest absolute Gasteiger partial charge is 0.252 e. The fraction of sp³-hybridized carbons (Fsp3) is 0.500. The first kappa shape index (κ1) is 14.1. The molecule has 5 nitrogen and oxygen atoms in total. The molecule has 2 aromatic rings. The van der Waals surface area contributed by atoms with Gasteiger partial charge in [0.2, 0.25) is 0 Å². The van der Waals surface area contributed by atoms with Gasteiger partial charge in [-0.25, -0.2) is 4.98 Å². The predicted octanol–water partition coefficient (Wildman–Crippen LogP) is 2.02. The number of imidazole rings is 1. The van der Waals surface area contributed by atoms with Crippen LogP contribution in [0.2, 0.25) is 0 Å². The molecular formula is C16H22N4O. The molecular weight excluding hydrogens is 264 g/mol. The fourth-order valence-corrected chi connectivity index (χ4v) is 3.13. The van der Waals surface area contributed by atoms with Crippen molar-refractivity contribution in [1.82, 2.24) is 14.3 Å². The predicted molar refractivity (Wildman–Crippen MR) is 82.4 cm³/mol. The molecule has 0 aromatic carbocycles. The molecule has 0 aliphatic carbocycles. The Balaban J connectivity index is 1.86. The fourth-order valence-electron chi connectivity index (χ4n) is 3.13. The zero-order valence-electron chi connectivity index (χ0n) is 12.6. The van der Waals surface area contributed by atoms with E-state index in [2.05, 4.69) is 23.7 Å². The Labute approximate surface area is 124 Å². The highest BCUT2D eigenvalue weighted by Crippen LogP contribution is 2.28. The van der Waals surface area contributed by atoms with Gasteiger partial charge >= 0.3 is 0 Å². The van der Waals surface area contributed by atoms with Crippen molar-refractivity contribution in [2.45, 2.75) is 38.6 Å². The Kier molecular flexibility index (Phi) is 3.68. The zero-order valence-corrected chi connectivity index (χ0v) is 12.6. The first-order valence-electron chi connectivity index (χ1n) is 7.57. The minimum absolute atomic E-state index is 0.424. The molecule has 5 heteroatoms. The zero-order chi connectivity index (χ0) is 15.0. The summed E-state index contributed by atoms with van der Waals surface area (Å²) in [7, 11) is 0. The normalized spacial score (nSPS) is 17.7. The molecule has 1 saturated heterocycles. The number of nitrogens with zero attached hydrogens (tertiary/aromatic N) is 3. The molecule has 0 atom stereocenters. The number of nitrogens with two attached hydrogens (primary N) is 1. The number of fused-ring (bicyclic) bond motifs is 1. The third-order valence-corrected chi connectivity index (χ3v) is 4.44. The van der Waals surface area contributed by atoms with Crippen LogP contribution in [0.15, 0.2) is 24.5 Å². The standard InChI is InChI=1S/C16H22N4O/c1-11(2)19-8-5-12(6-9-19)14-10-20-7-3-4-13(15(17)21)16(20)18-14/h3-4,7,10-12H,5-6,8-9H2,1-2H3,(H2,17,21). The summed E-state index contributed by atoms with van der Waals surface area (Å²) in [5, 5.41) is 0. The van der Waals surface area contributed by atoms with Gasteiger partial charge < -0.3 is 15.0 Å². The summed E-state index contributed by atoms with van der Waals surface area (Å²) in [5.74, 6) is 0.0491. The van der Waals surface area contributed by atoms with E-state index < -0.39 is 5.91 Å². The van der Waals surface area contributed by atoms with Gasteiger partial charge in [0.25, 0.3) is 5.91 Å². The van der Waals surface area contributed by atoms with Crippen LogP contribution in [0.3, 0.4) is 0 Å². The number of piperidine rings is 1. The Morgan fingerprint density at radius 3 is 2.71 bits per heavy atom. The minimum Gasteiger partial charge on any atom is -0.365 e. The van der Waals surface area contributed by atoms with Gasteiger partial charge in [-0.15, -0.1) is 0 Å². The maximum Gasteiger partial charge on any atom is 0.252 e. The molecule has 0 spiro atoms. The number of amides is 1. The summed E-state index contributed by atoms with van der Waals surface area (Å²) >= 11 is 0. The molecule has 3 heterocycles. The van der Waals surface area contributed by atoms with Crippen LogP contribution in [0, 0.1) is 0 Å². The van der Waals surface area contributed by atoms with Crippen molar-refractivity contribution < 1.29 is 4.79 Å². The molecule has 3 rings (SSSR count). The number of primary amides is 1. The molecule has 0 radical (unpaired) electrons. The molecule has 1 aliphatic heterocycles. The van der Waals surface area contributed by atoms with Gasteiger partial charge in [-0.1, -0.05) is 0 Å². The van der Waals surface area contributed by atoms with E-state index in [1.807, 2.05) is 22.9 Å². The van der Waals surface area contributed by atoms with Gasteiger partial charge in [-0.2, -0.15) is 0 Å². The van der Waals surface area contributed by atoms with E-state index in [0.29, 0.717) is 23.2 Å². The number of rotatable bonds is 3. The van der Waals surface area contributed by atoms with Crippen LogP contribution in [0.1, 0.15) is 48.7 Å². The topological polar surface area (TPSA) is 63.6 Å². The molecule has 0 saturated carbocycles. The van der Waals surface area contributed by atoms with Crippen molar-refractivity contribution >= 4 is 11.6 Å². The molecule has 112 valence electrons. The molecule has 2 N–H and O–H groups in total. The lowest BCUT2D eigenvalue weighted by molar-refractivity contribution is 0.100. The van der Waals surface area contributed by atoms with E-state index >= 15 is 0 Å². The van der Waals surface area contributed by atoms with Crippen LogP contribution in [-0.2, 0) is 0 Å². The number of hydrogen-bond acceptors (Lipinski definition) is 3. The number of hydrogen-bond donors (Lipinski definition) is 1. The van der Waals surface area contributed by atoms with Crippen molar-refractivity contribution in [3.63, 3.8) is 0 Å². The largest absolute Gasteiger partial charge is 0.365 e. The monoisotopic (exact) mass is 286 g/mol. The molecule has 0 bridgehead atoms. The second-order valence-electron chi connectivity index (χ2n) is 6.09. The first-order valence-corrected chi connectivity index (χ1v) is 7.57. The third-order valence-electron chi connectivity index (χ3n) is 4.44. The lowest BCUT2D eigenvalue weighted by Crippen LogP contribution is -2.37. The first-order chi connectivity index (χ1) is 10.1. The summed E-state index contributed by atoms with van der Waals surface area (Å²) in [4.78, 5) is 18.7. The lowest BCUT2D eigenvalue weighted by atomic mass is 9.93. The highest BCUT2D eigenvalue weighted by atomic mass is 16.1. The maximum absolute atomic E-state index is 11.5. The molecule has 0 unspecified atom stereocenters. The van der Waals surface area contributed by atoms with Crippen LogP contribution < -0.4 is 5.73 Å². The highest BCUT2D eigenvalue weighted by Gasteiger charge is 2.24. The summed E-state index contributed by atoms with van der Waals surface area (Å²) < 4.78 is 1.91. The van der Waals surface area contributed by atoms with E-state index in [1.54, 1.807) is 6.07 Å². The van der Waals surface area contributed by atoms with Gasteiger partial charge in [0, 0.05) is 24.4 Å². The van der Waals surface area contributed by atoms with Gasteiger partial charge in [-0.05, 0) is 51.9 Å². The van der Waals surface area contributed by atoms with Crippen LogP contribution in [-0.4, -0.2) is 39.3 Å². The van der Waals surface area contributed by atoms with Gasteiger partial charge in [0.05, 0.1) is 11.3 Å². The molecule has 1 amide bonds. The van der Waals surface area contributed by atoms with Crippen molar-refractivity contribution in [2.24, 2.45) is 5.73 Å². The van der Waals surface area contributed by atoms with E-state index in [0.717, 1.165) is 31.6 Å². The lowest BCUT2D eigenvalue weighted by Gasteiger charge is -2.33. The Hall–Kier alpha value is -1.88. The van der Waals surface area contributed by atoms with E-state index in [4.69, 9.17) is 5.73 Å². The third kappa shape index (κ3) is 2.65. The van der Waals surface area contributed by atoms with Crippen LogP contribution in [0.25, 0.3) is 5.65 Å². The van der Waals surface area contributed by atoms with E-state index in [-0.39, 0.29) is 0 Å². The summed E-state index contributed by atoms with van der Waals surface area (Å²) in [6.45, 7) is 6.70. The average molecular weight is 286 g/mol. The molecule has 21 heavy (non-hydrogen) atoms. The quantitative estimate of drug-likeness (QED) is 0.939. The second-order valence-corrected chi connectivity index (χ2v) is 6.09. The van der Waals surface area contributed by atoms with Gasteiger partial charge in [-0.3, -0.25) is 4.79 Å². The molecule has 2 aromatic heterocycles. The molecule has 1 aliphatic rings. The van der Waals surface area contributed by atoms with Crippen molar-refractivity contribution in [3.8, 4) is 0 Å². The van der Waals surface area contributed by atoms with Gasteiger partial charge in [0.15, 0.2) is 0 Å².